The average Bonchev–Trinajstić information content (AvgIpc) is 2.69. The Bertz CT molecular complexity index is 629. The molecule has 0 aliphatic rings. The third-order valence-corrected chi connectivity index (χ3v) is 4.02. The lowest BCUT2D eigenvalue weighted by Crippen LogP contribution is -2.18. The molecule has 1 heterocycles. The zero-order valence-corrected chi connectivity index (χ0v) is 16.8. The third kappa shape index (κ3) is 6.77. The van der Waals surface area contributed by atoms with Crippen molar-refractivity contribution in [3.63, 3.8) is 0 Å². The summed E-state index contributed by atoms with van der Waals surface area (Å²) in [4.78, 5) is 4.43. The van der Waals surface area contributed by atoms with Crippen LogP contribution in [-0.4, -0.2) is 22.8 Å². The molecule has 26 heavy (non-hydrogen) atoms. The zero-order chi connectivity index (χ0) is 19.4. The Hall–Kier alpha value is -1.91. The number of benzene rings is 1. The molecule has 0 saturated carbocycles. The Morgan fingerprint density at radius 2 is 1.77 bits per heavy atom. The SMILES string of the molecule is CC.CCc1c(COCc2ccccc2)cnc(C)c1OC[C@@H](O)CC. The van der Waals surface area contributed by atoms with Gasteiger partial charge in [0.25, 0.3) is 0 Å². The van der Waals surface area contributed by atoms with E-state index < -0.39 is 6.10 Å². The molecule has 1 aromatic carbocycles. The van der Waals surface area contributed by atoms with E-state index in [9.17, 15) is 5.11 Å². The van der Waals surface area contributed by atoms with Gasteiger partial charge < -0.3 is 14.6 Å². The van der Waals surface area contributed by atoms with Crippen LogP contribution in [0.15, 0.2) is 36.5 Å². The maximum Gasteiger partial charge on any atom is 0.144 e. The molecule has 2 rings (SSSR count). The smallest absolute Gasteiger partial charge is 0.144 e. The largest absolute Gasteiger partial charge is 0.489 e. The van der Waals surface area contributed by atoms with Crippen LogP contribution in [0.2, 0.25) is 0 Å². The normalized spacial score (nSPS) is 11.5. The highest BCUT2D eigenvalue weighted by atomic mass is 16.5. The fourth-order valence-electron chi connectivity index (χ4n) is 2.53. The Morgan fingerprint density at radius 1 is 1.08 bits per heavy atom. The van der Waals surface area contributed by atoms with Crippen molar-refractivity contribution in [1.82, 2.24) is 4.98 Å². The second-order valence-corrected chi connectivity index (χ2v) is 5.88. The van der Waals surface area contributed by atoms with Gasteiger partial charge in [0.05, 0.1) is 25.0 Å². The van der Waals surface area contributed by atoms with Crippen LogP contribution in [0.4, 0.5) is 0 Å². The molecular formula is C22H33NO3. The molecule has 0 unspecified atom stereocenters. The molecule has 0 bridgehead atoms. The Morgan fingerprint density at radius 3 is 2.38 bits per heavy atom. The van der Waals surface area contributed by atoms with E-state index in [1.54, 1.807) is 0 Å². The maximum atomic E-state index is 9.74. The van der Waals surface area contributed by atoms with Gasteiger partial charge in [-0.15, -0.1) is 0 Å². The van der Waals surface area contributed by atoms with Gasteiger partial charge in [-0.25, -0.2) is 0 Å². The van der Waals surface area contributed by atoms with Crippen molar-refractivity contribution in [1.29, 1.82) is 0 Å². The van der Waals surface area contributed by atoms with Gasteiger partial charge in [0.2, 0.25) is 0 Å². The van der Waals surface area contributed by atoms with Gasteiger partial charge in [-0.05, 0) is 25.3 Å². The predicted molar refractivity (Wildman–Crippen MR) is 106 cm³/mol. The third-order valence-electron chi connectivity index (χ3n) is 4.02. The van der Waals surface area contributed by atoms with Gasteiger partial charge in [-0.1, -0.05) is 58.0 Å². The van der Waals surface area contributed by atoms with Gasteiger partial charge in [-0.2, -0.15) is 0 Å². The van der Waals surface area contributed by atoms with E-state index >= 15 is 0 Å². The fourth-order valence-corrected chi connectivity index (χ4v) is 2.53. The second-order valence-electron chi connectivity index (χ2n) is 5.88. The van der Waals surface area contributed by atoms with Gasteiger partial charge in [0.1, 0.15) is 12.4 Å². The van der Waals surface area contributed by atoms with Crippen molar-refractivity contribution in [3.05, 3.63) is 58.9 Å². The van der Waals surface area contributed by atoms with E-state index in [4.69, 9.17) is 9.47 Å². The van der Waals surface area contributed by atoms with Crippen molar-refractivity contribution in [2.45, 2.75) is 66.8 Å². The van der Waals surface area contributed by atoms with Crippen LogP contribution in [0, 0.1) is 6.92 Å². The number of aromatic nitrogens is 1. The molecule has 2 aromatic rings. The second kappa shape index (κ2) is 12.4. The van der Waals surface area contributed by atoms with E-state index in [0.29, 0.717) is 26.2 Å². The number of aryl methyl sites for hydroxylation is 1. The Balaban J connectivity index is 0.00000163. The van der Waals surface area contributed by atoms with E-state index in [2.05, 4.69) is 24.0 Å². The first-order chi connectivity index (χ1) is 12.7. The summed E-state index contributed by atoms with van der Waals surface area (Å²) in [7, 11) is 0. The Labute approximate surface area is 158 Å². The minimum absolute atomic E-state index is 0.292. The van der Waals surface area contributed by atoms with Crippen molar-refractivity contribution in [2.75, 3.05) is 6.61 Å². The van der Waals surface area contributed by atoms with Crippen LogP contribution in [0.3, 0.4) is 0 Å². The van der Waals surface area contributed by atoms with E-state index in [1.165, 1.54) is 0 Å². The molecular weight excluding hydrogens is 326 g/mol. The summed E-state index contributed by atoms with van der Waals surface area (Å²) in [5.74, 6) is 0.783. The van der Waals surface area contributed by atoms with Gasteiger partial charge in [-0.3, -0.25) is 4.98 Å². The topological polar surface area (TPSA) is 51.6 Å². The molecule has 0 aliphatic carbocycles. The lowest BCUT2D eigenvalue weighted by Gasteiger charge is -2.18. The monoisotopic (exact) mass is 359 g/mol. The zero-order valence-electron chi connectivity index (χ0n) is 16.8. The first-order valence-corrected chi connectivity index (χ1v) is 9.55. The molecule has 0 saturated heterocycles. The first kappa shape index (κ1) is 22.1. The lowest BCUT2D eigenvalue weighted by atomic mass is 10.1. The minimum Gasteiger partial charge on any atom is -0.489 e. The van der Waals surface area contributed by atoms with Gasteiger partial charge >= 0.3 is 0 Å². The summed E-state index contributed by atoms with van der Waals surface area (Å²) in [5.41, 5.74) is 4.15. The van der Waals surface area contributed by atoms with E-state index in [1.807, 2.05) is 52.1 Å². The van der Waals surface area contributed by atoms with Gasteiger partial charge in [0, 0.05) is 17.3 Å². The molecule has 4 nitrogen and oxygen atoms in total. The van der Waals surface area contributed by atoms with E-state index in [0.717, 1.165) is 34.6 Å². The average molecular weight is 360 g/mol. The summed E-state index contributed by atoms with van der Waals surface area (Å²) >= 11 is 0. The van der Waals surface area contributed by atoms with Crippen molar-refractivity contribution in [3.8, 4) is 5.75 Å². The quantitative estimate of drug-likeness (QED) is 0.696. The number of aliphatic hydroxyl groups excluding tert-OH is 1. The number of ether oxygens (including phenoxy) is 2. The lowest BCUT2D eigenvalue weighted by molar-refractivity contribution is 0.0998. The molecule has 0 fully saturated rings. The minimum atomic E-state index is -0.452. The molecule has 144 valence electrons. The van der Waals surface area contributed by atoms with Crippen molar-refractivity contribution in [2.24, 2.45) is 0 Å². The number of aliphatic hydroxyl groups is 1. The summed E-state index contributed by atoms with van der Waals surface area (Å²) in [5, 5.41) is 9.74. The number of hydrogen-bond acceptors (Lipinski definition) is 4. The Kier molecular flexibility index (Phi) is 10.6. The predicted octanol–water partition coefficient (Wildman–Crippen LogP) is 4.85. The summed E-state index contributed by atoms with van der Waals surface area (Å²) in [6.07, 6.45) is 2.92. The maximum absolute atomic E-state index is 9.74. The molecule has 1 atom stereocenters. The highest BCUT2D eigenvalue weighted by molar-refractivity contribution is 5.41. The van der Waals surface area contributed by atoms with Gasteiger partial charge in [0.15, 0.2) is 0 Å². The fraction of sp³-hybridized carbons (Fsp3) is 0.500. The highest BCUT2D eigenvalue weighted by Gasteiger charge is 2.14. The molecule has 1 N–H and O–H groups in total. The molecule has 0 spiro atoms. The van der Waals surface area contributed by atoms with E-state index in [-0.39, 0.29) is 0 Å². The van der Waals surface area contributed by atoms with Crippen LogP contribution >= 0.6 is 0 Å². The molecule has 0 amide bonds. The molecule has 0 radical (unpaired) electrons. The number of hydrogen-bond donors (Lipinski definition) is 1. The molecule has 1 aromatic heterocycles. The summed E-state index contributed by atoms with van der Waals surface area (Å²) in [6, 6.07) is 10.1. The molecule has 0 aliphatic heterocycles. The standard InChI is InChI=1S/C20H27NO3.C2H6/c1-4-18(22)14-24-20-15(3)21-11-17(19(20)5-2)13-23-12-16-9-7-6-8-10-16;1-2/h6-11,18,22H,4-5,12-14H2,1-3H3;1-2H3/t18-;/m0./s1. The van der Waals surface area contributed by atoms with Crippen molar-refractivity contribution >= 4 is 0 Å². The molecule has 4 heteroatoms. The van der Waals surface area contributed by atoms with Crippen LogP contribution < -0.4 is 4.74 Å². The van der Waals surface area contributed by atoms with Crippen LogP contribution in [-0.2, 0) is 24.4 Å². The summed E-state index contributed by atoms with van der Waals surface area (Å²) < 4.78 is 11.7. The van der Waals surface area contributed by atoms with Crippen molar-refractivity contribution < 1.29 is 14.6 Å². The highest BCUT2D eigenvalue weighted by Crippen LogP contribution is 2.27. The number of nitrogens with zero attached hydrogens (tertiary/aromatic N) is 1. The summed E-state index contributed by atoms with van der Waals surface area (Å²) in [6.45, 7) is 11.3. The first-order valence-electron chi connectivity index (χ1n) is 9.55. The number of pyridine rings is 1. The van der Waals surface area contributed by atoms with Crippen LogP contribution in [0.25, 0.3) is 0 Å². The van der Waals surface area contributed by atoms with Crippen LogP contribution in [0.5, 0.6) is 5.75 Å². The number of rotatable bonds is 9. The van der Waals surface area contributed by atoms with Crippen LogP contribution in [0.1, 0.15) is 56.5 Å².